The molecule has 0 saturated carbocycles. The molecular weight excluding hydrogens is 524 g/mol. The van der Waals surface area contributed by atoms with Crippen molar-refractivity contribution < 1.29 is 26.2 Å². The molecule has 4 aromatic carbocycles. The van der Waals surface area contributed by atoms with Crippen molar-refractivity contribution in [3.63, 3.8) is 0 Å². The van der Waals surface area contributed by atoms with Gasteiger partial charge in [-0.3, -0.25) is 0 Å². The van der Waals surface area contributed by atoms with E-state index < -0.39 is 14.3 Å². The van der Waals surface area contributed by atoms with Crippen LogP contribution in [0.25, 0.3) is 12.2 Å². The van der Waals surface area contributed by atoms with Crippen molar-refractivity contribution in [2.75, 3.05) is 0 Å². The Morgan fingerprint density at radius 2 is 1.25 bits per heavy atom. The van der Waals surface area contributed by atoms with Gasteiger partial charge in [0, 0.05) is 5.92 Å². The van der Waals surface area contributed by atoms with Gasteiger partial charge in [-0.25, -0.2) is 12.1 Å². The second-order valence-electron chi connectivity index (χ2n) is 8.54. The number of allylic oxidation sites excluding steroid dienone is 2. The average molecular weight is 551 g/mol. The van der Waals surface area contributed by atoms with Crippen LogP contribution in [0.1, 0.15) is 45.2 Å². The van der Waals surface area contributed by atoms with E-state index in [1.54, 1.807) is 9.96 Å². The summed E-state index contributed by atoms with van der Waals surface area (Å²) in [5, 5.41) is 0. The third-order valence-corrected chi connectivity index (χ3v) is 9.59. The molecular formula is C30H27GeZr. The number of rotatable bonds is 3. The minimum absolute atomic E-state index is 0. The molecule has 0 aliphatic heterocycles. The van der Waals surface area contributed by atoms with Crippen LogP contribution in [0.2, 0.25) is 11.5 Å². The first-order valence-electron chi connectivity index (χ1n) is 11.0. The molecule has 0 bridgehead atoms. The maximum atomic E-state index is 2.43. The fraction of sp³-hybridized carbons (Fsp3) is 0.133. The molecule has 0 heterocycles. The van der Waals surface area contributed by atoms with Gasteiger partial charge in [-0.15, -0.1) is 0 Å². The first-order valence-corrected chi connectivity index (χ1v) is 16.3. The maximum Gasteiger partial charge on any atom is 2.00 e. The summed E-state index contributed by atoms with van der Waals surface area (Å²) in [7, 11) is 0. The second-order valence-corrected chi connectivity index (χ2v) is 13.9. The van der Waals surface area contributed by atoms with Crippen molar-refractivity contribution in [3.8, 4) is 0 Å². The summed E-state index contributed by atoms with van der Waals surface area (Å²) >= 11 is -0.988. The van der Waals surface area contributed by atoms with Crippen molar-refractivity contribution in [3.05, 3.63) is 137 Å². The zero-order valence-corrected chi connectivity index (χ0v) is 23.2. The van der Waals surface area contributed by atoms with Crippen molar-refractivity contribution in [2.45, 2.75) is 23.3 Å². The average Bonchev–Trinajstić information content (AvgIpc) is 3.59. The van der Waals surface area contributed by atoms with Gasteiger partial charge in [0.1, 0.15) is 0 Å². The molecule has 2 atom stereocenters. The van der Waals surface area contributed by atoms with Crippen LogP contribution in [-0.4, -0.2) is 14.3 Å². The summed E-state index contributed by atoms with van der Waals surface area (Å²) in [5.41, 5.74) is 8.59. The zero-order chi connectivity index (χ0) is 21.2. The van der Waals surface area contributed by atoms with Crippen LogP contribution in [0.3, 0.4) is 0 Å². The van der Waals surface area contributed by atoms with E-state index in [0.717, 1.165) is 0 Å². The zero-order valence-electron chi connectivity index (χ0n) is 18.6. The molecule has 4 aromatic rings. The van der Waals surface area contributed by atoms with Crippen LogP contribution < -0.4 is 4.40 Å². The van der Waals surface area contributed by atoms with Gasteiger partial charge < -0.3 is 0 Å². The summed E-state index contributed by atoms with van der Waals surface area (Å²) in [6.07, 6.45) is 9.11. The largest absolute Gasteiger partial charge is 2.00 e. The fourth-order valence-electron chi connectivity index (χ4n) is 4.82. The summed E-state index contributed by atoms with van der Waals surface area (Å²) in [5.74, 6) is 5.84. The second kappa shape index (κ2) is 10.3. The van der Waals surface area contributed by atoms with Gasteiger partial charge in [0.15, 0.2) is 0 Å². The van der Waals surface area contributed by atoms with E-state index in [0.29, 0.717) is 11.8 Å². The minimum Gasteiger partial charge on any atom is 2.00 e. The molecule has 0 N–H and O–H groups in total. The Labute approximate surface area is 215 Å². The predicted molar refractivity (Wildman–Crippen MR) is 136 cm³/mol. The molecule has 0 nitrogen and oxygen atoms in total. The van der Waals surface area contributed by atoms with Gasteiger partial charge in [0.25, 0.3) is 0 Å². The van der Waals surface area contributed by atoms with Crippen LogP contribution in [0.4, 0.5) is 0 Å². The van der Waals surface area contributed by atoms with E-state index in [4.69, 9.17) is 0 Å². The number of hydrogen-bond donors (Lipinski definition) is 0. The topological polar surface area (TPSA) is 0 Å². The van der Waals surface area contributed by atoms with E-state index in [1.165, 1.54) is 27.8 Å². The van der Waals surface area contributed by atoms with E-state index in [9.17, 15) is 0 Å². The number of benzene rings is 2. The molecule has 155 valence electrons. The molecule has 0 saturated heterocycles. The molecule has 32 heavy (non-hydrogen) atoms. The fourth-order valence-corrected chi connectivity index (χ4v) is 7.43. The maximum absolute atomic E-state index is 2.43. The van der Waals surface area contributed by atoms with Crippen molar-refractivity contribution in [1.29, 1.82) is 0 Å². The van der Waals surface area contributed by atoms with E-state index in [-0.39, 0.29) is 26.2 Å². The first-order chi connectivity index (χ1) is 15.2. The van der Waals surface area contributed by atoms with Gasteiger partial charge in [-0.1, -0.05) is 36.4 Å². The SMILES string of the molecule is C1=CC(c2ccc[cH-]2)c2ccccc21.[CH3][Ge]([CH3])[c]1[cH-]ccc1C1C=Cc2ccccc21.[Zr+2]. The van der Waals surface area contributed by atoms with Crippen molar-refractivity contribution >= 4 is 30.9 Å². The van der Waals surface area contributed by atoms with Crippen molar-refractivity contribution in [2.24, 2.45) is 0 Å². The summed E-state index contributed by atoms with van der Waals surface area (Å²) in [6, 6.07) is 32.8. The van der Waals surface area contributed by atoms with Gasteiger partial charge in [-0.2, -0.15) is 17.7 Å². The minimum atomic E-state index is -0.988. The Hall–Kier alpha value is -1.95. The normalized spacial score (nSPS) is 17.5. The molecule has 2 heteroatoms. The Bertz CT molecular complexity index is 1220. The molecule has 6 rings (SSSR count). The summed E-state index contributed by atoms with van der Waals surface area (Å²) in [4.78, 5) is 0. The van der Waals surface area contributed by atoms with Crippen molar-refractivity contribution in [1.82, 2.24) is 0 Å². The quantitative estimate of drug-likeness (QED) is 0.189. The third-order valence-electron chi connectivity index (χ3n) is 6.37. The van der Waals surface area contributed by atoms with Crippen LogP contribution in [0, 0.1) is 0 Å². The molecule has 0 aromatic heterocycles. The Balaban J connectivity index is 0.000000151. The number of hydrogen-bond acceptors (Lipinski definition) is 0. The first kappa shape index (κ1) is 23.2. The van der Waals surface area contributed by atoms with Crippen LogP contribution in [0.5, 0.6) is 0 Å². The Kier molecular flexibility index (Phi) is 7.49. The van der Waals surface area contributed by atoms with Gasteiger partial charge in [0.2, 0.25) is 0 Å². The molecule has 2 aliphatic rings. The standard InChI is InChI=1S/C16H16Ge.C14H11.Zr/c1-17(2)16-9-5-8-15(16)14-11-10-12-6-3-4-7-13(12)14;1-2-6-11(5-1)14-10-9-12-7-3-4-8-13(12)14;/h3-11,14H,1-2H3;1-10,14H;/q2*-1;+2. The van der Waals surface area contributed by atoms with E-state index in [2.05, 4.69) is 127 Å². The summed E-state index contributed by atoms with van der Waals surface area (Å²) in [6.45, 7) is 0. The Morgan fingerprint density at radius 1 is 0.625 bits per heavy atom. The van der Waals surface area contributed by atoms with Gasteiger partial charge in [-0.05, 0) is 11.1 Å². The molecule has 1 radical (unpaired) electrons. The van der Waals surface area contributed by atoms with Crippen LogP contribution in [0.15, 0.2) is 103 Å². The summed E-state index contributed by atoms with van der Waals surface area (Å²) < 4.78 is 1.65. The number of fused-ring (bicyclic) bond motifs is 2. The third kappa shape index (κ3) is 4.56. The van der Waals surface area contributed by atoms with Crippen LogP contribution in [-0.2, 0) is 26.2 Å². The molecule has 2 unspecified atom stereocenters. The molecule has 0 amide bonds. The van der Waals surface area contributed by atoms with Gasteiger partial charge in [0.05, 0.1) is 0 Å². The molecule has 0 fully saturated rings. The molecule has 0 spiro atoms. The Morgan fingerprint density at radius 3 is 1.88 bits per heavy atom. The monoisotopic (exact) mass is 551 g/mol. The van der Waals surface area contributed by atoms with E-state index in [1.807, 2.05) is 0 Å². The smallest absolute Gasteiger partial charge is 2.00 e. The van der Waals surface area contributed by atoms with Gasteiger partial charge >= 0.3 is 134 Å². The molecule has 2 aliphatic carbocycles. The van der Waals surface area contributed by atoms with E-state index >= 15 is 0 Å². The predicted octanol–water partition coefficient (Wildman–Crippen LogP) is 7.09. The van der Waals surface area contributed by atoms with Crippen LogP contribution >= 0.6 is 0 Å².